The van der Waals surface area contributed by atoms with Gasteiger partial charge in [-0.15, -0.1) is 0 Å². The first-order valence-corrected chi connectivity index (χ1v) is 9.47. The summed E-state index contributed by atoms with van der Waals surface area (Å²) in [5.41, 5.74) is 0.481. The van der Waals surface area contributed by atoms with E-state index in [4.69, 9.17) is 9.47 Å². The number of hydrogen-bond acceptors (Lipinski definition) is 6. The zero-order valence-corrected chi connectivity index (χ0v) is 15.5. The molecule has 0 spiro atoms. The van der Waals surface area contributed by atoms with E-state index >= 15 is 0 Å². The highest BCUT2D eigenvalue weighted by Gasteiger charge is 2.40. The Hall–Kier alpha value is -2.03. The summed E-state index contributed by atoms with van der Waals surface area (Å²) in [5.74, 6) is -0.212. The minimum atomic E-state index is -0.750. The number of carbonyl (C=O) groups is 2. The average Bonchev–Trinajstić information content (AvgIpc) is 2.65. The summed E-state index contributed by atoms with van der Waals surface area (Å²) >= 11 is 0. The second-order valence-corrected chi connectivity index (χ2v) is 6.99. The van der Waals surface area contributed by atoms with Crippen molar-refractivity contribution in [3.8, 4) is 0 Å². The van der Waals surface area contributed by atoms with E-state index in [-0.39, 0.29) is 49.8 Å². The number of pyridine rings is 1. The molecule has 2 amide bonds. The summed E-state index contributed by atoms with van der Waals surface area (Å²) < 4.78 is 11.7. The predicted octanol–water partition coefficient (Wildman–Crippen LogP) is 0.357. The summed E-state index contributed by atoms with van der Waals surface area (Å²) in [4.78, 5) is 30.6. The second-order valence-electron chi connectivity index (χ2n) is 6.99. The molecule has 2 aliphatic heterocycles. The first-order chi connectivity index (χ1) is 13.1. The molecule has 0 aromatic carbocycles. The van der Waals surface area contributed by atoms with Crippen molar-refractivity contribution in [2.24, 2.45) is 0 Å². The number of rotatable bonds is 4. The third-order valence-electron chi connectivity index (χ3n) is 4.94. The third-order valence-corrected chi connectivity index (χ3v) is 4.94. The van der Waals surface area contributed by atoms with Gasteiger partial charge < -0.3 is 24.8 Å². The van der Waals surface area contributed by atoms with Crippen LogP contribution in [0.2, 0.25) is 0 Å². The lowest BCUT2D eigenvalue weighted by Crippen LogP contribution is -2.57. The molecule has 8 nitrogen and oxygen atoms in total. The highest BCUT2D eigenvalue weighted by atomic mass is 16.5. The minimum Gasteiger partial charge on any atom is -0.389 e. The fourth-order valence-electron chi connectivity index (χ4n) is 3.71. The lowest BCUT2D eigenvalue weighted by Gasteiger charge is -2.44. The van der Waals surface area contributed by atoms with E-state index in [1.54, 1.807) is 23.2 Å². The molecule has 1 aromatic heterocycles. The number of amides is 2. The molecule has 0 unspecified atom stereocenters. The van der Waals surface area contributed by atoms with E-state index in [9.17, 15) is 14.7 Å². The van der Waals surface area contributed by atoms with Gasteiger partial charge in [0.25, 0.3) is 5.91 Å². The number of β-amino-alcohol motifs (C(OH)–C–C–N with tert-alkyl or cyclic N) is 1. The molecular weight excluding hydrogens is 350 g/mol. The molecule has 1 aromatic rings. The van der Waals surface area contributed by atoms with Gasteiger partial charge in [0.2, 0.25) is 5.91 Å². The molecule has 148 valence electrons. The number of aliphatic hydroxyl groups is 1. The Morgan fingerprint density at radius 2 is 2.22 bits per heavy atom. The van der Waals surface area contributed by atoms with Crippen molar-refractivity contribution in [1.29, 1.82) is 0 Å². The lowest BCUT2D eigenvalue weighted by molar-refractivity contribution is -0.150. The van der Waals surface area contributed by atoms with Crippen molar-refractivity contribution in [2.45, 2.75) is 50.5 Å². The Morgan fingerprint density at radius 3 is 2.96 bits per heavy atom. The maximum absolute atomic E-state index is 13.0. The summed E-state index contributed by atoms with van der Waals surface area (Å²) in [5, 5.41) is 13.0. The number of ether oxygens (including phenoxy) is 2. The molecule has 2 fully saturated rings. The first kappa shape index (κ1) is 19.7. The van der Waals surface area contributed by atoms with Gasteiger partial charge in [-0.2, -0.15) is 0 Å². The van der Waals surface area contributed by atoms with Gasteiger partial charge in [-0.05, 0) is 31.9 Å². The van der Waals surface area contributed by atoms with Gasteiger partial charge in [-0.1, -0.05) is 0 Å². The highest BCUT2D eigenvalue weighted by molar-refractivity contribution is 5.94. The third kappa shape index (κ3) is 5.03. The van der Waals surface area contributed by atoms with Gasteiger partial charge in [0.05, 0.1) is 43.4 Å². The zero-order valence-electron chi connectivity index (χ0n) is 15.5. The van der Waals surface area contributed by atoms with Crippen LogP contribution in [-0.4, -0.2) is 77.5 Å². The van der Waals surface area contributed by atoms with Crippen LogP contribution in [0.3, 0.4) is 0 Å². The topological polar surface area (TPSA) is 101 Å². The number of hydrogen-bond donors (Lipinski definition) is 2. The molecule has 0 bridgehead atoms. The smallest absolute Gasteiger partial charge is 0.255 e. The monoisotopic (exact) mass is 377 g/mol. The van der Waals surface area contributed by atoms with Crippen LogP contribution in [0.15, 0.2) is 24.5 Å². The number of aromatic nitrogens is 1. The van der Waals surface area contributed by atoms with Crippen LogP contribution in [0.5, 0.6) is 0 Å². The van der Waals surface area contributed by atoms with Gasteiger partial charge >= 0.3 is 0 Å². The molecule has 2 aliphatic rings. The van der Waals surface area contributed by atoms with Crippen LogP contribution < -0.4 is 5.32 Å². The van der Waals surface area contributed by atoms with E-state index in [0.29, 0.717) is 31.4 Å². The maximum atomic E-state index is 13.0. The standard InChI is InChI=1S/C19H27N3O5/c1-2-21-18(24)8-15-5-6-16-17(27-15)12-26-11-14(23)10-22(16)19(25)13-4-3-7-20-9-13/h3-4,7,9,14-17,23H,2,5-6,8,10-12H2,1H3,(H,21,24)/t14-,15+,16+,17-/m0/s1. The van der Waals surface area contributed by atoms with Crippen LogP contribution in [-0.2, 0) is 14.3 Å². The van der Waals surface area contributed by atoms with Crippen LogP contribution >= 0.6 is 0 Å². The SMILES string of the molecule is CCNC(=O)C[C@H]1CC[C@@H]2[C@H](COC[C@@H](O)CN2C(=O)c2cccnc2)O1. The summed E-state index contributed by atoms with van der Waals surface area (Å²) in [6.07, 6.45) is 3.54. The Labute approximate surface area is 158 Å². The van der Waals surface area contributed by atoms with Crippen molar-refractivity contribution in [3.63, 3.8) is 0 Å². The fourth-order valence-corrected chi connectivity index (χ4v) is 3.71. The van der Waals surface area contributed by atoms with Crippen molar-refractivity contribution in [3.05, 3.63) is 30.1 Å². The molecule has 3 heterocycles. The van der Waals surface area contributed by atoms with Gasteiger partial charge in [0.15, 0.2) is 0 Å². The van der Waals surface area contributed by atoms with Crippen molar-refractivity contribution < 1.29 is 24.2 Å². The molecular formula is C19H27N3O5. The summed E-state index contributed by atoms with van der Waals surface area (Å²) in [7, 11) is 0. The van der Waals surface area contributed by atoms with E-state index in [1.165, 1.54) is 6.20 Å². The number of nitrogens with zero attached hydrogens (tertiary/aromatic N) is 2. The Balaban J connectivity index is 1.74. The van der Waals surface area contributed by atoms with Crippen LogP contribution in [0.1, 0.15) is 36.5 Å². The lowest BCUT2D eigenvalue weighted by atomic mass is 9.94. The molecule has 4 atom stereocenters. The molecule has 2 saturated heterocycles. The van der Waals surface area contributed by atoms with Crippen molar-refractivity contribution >= 4 is 11.8 Å². The maximum Gasteiger partial charge on any atom is 0.255 e. The molecule has 27 heavy (non-hydrogen) atoms. The Bertz CT molecular complexity index is 641. The fraction of sp³-hybridized carbons (Fsp3) is 0.632. The normalized spacial score (nSPS) is 28.6. The van der Waals surface area contributed by atoms with Gasteiger partial charge in [0, 0.05) is 25.5 Å². The molecule has 2 N–H and O–H groups in total. The Kier molecular flexibility index (Phi) is 6.76. The van der Waals surface area contributed by atoms with Crippen molar-refractivity contribution in [1.82, 2.24) is 15.2 Å². The predicted molar refractivity (Wildman–Crippen MR) is 97.1 cm³/mol. The van der Waals surface area contributed by atoms with E-state index < -0.39 is 6.10 Å². The van der Waals surface area contributed by atoms with Gasteiger partial charge in [-0.3, -0.25) is 14.6 Å². The quantitative estimate of drug-likeness (QED) is 0.786. The second kappa shape index (κ2) is 9.25. The van der Waals surface area contributed by atoms with Crippen molar-refractivity contribution in [2.75, 3.05) is 26.3 Å². The van der Waals surface area contributed by atoms with Crippen LogP contribution in [0.4, 0.5) is 0 Å². The van der Waals surface area contributed by atoms with E-state index in [1.807, 2.05) is 6.92 Å². The summed E-state index contributed by atoms with van der Waals surface area (Å²) in [6, 6.07) is 3.22. The molecule has 0 saturated carbocycles. The van der Waals surface area contributed by atoms with Crippen LogP contribution in [0.25, 0.3) is 0 Å². The Morgan fingerprint density at radius 1 is 1.37 bits per heavy atom. The minimum absolute atomic E-state index is 0.0357. The molecule has 0 aliphatic carbocycles. The highest BCUT2D eigenvalue weighted by Crippen LogP contribution is 2.28. The van der Waals surface area contributed by atoms with E-state index in [0.717, 1.165) is 0 Å². The molecule has 0 radical (unpaired) electrons. The first-order valence-electron chi connectivity index (χ1n) is 9.47. The van der Waals surface area contributed by atoms with Gasteiger partial charge in [-0.25, -0.2) is 0 Å². The zero-order chi connectivity index (χ0) is 19.2. The molecule has 3 rings (SSSR count). The number of aliphatic hydroxyl groups excluding tert-OH is 1. The van der Waals surface area contributed by atoms with Gasteiger partial charge in [0.1, 0.15) is 6.10 Å². The number of carbonyl (C=O) groups excluding carboxylic acids is 2. The average molecular weight is 377 g/mol. The molecule has 8 heteroatoms. The van der Waals surface area contributed by atoms with Crippen LogP contribution in [0, 0.1) is 0 Å². The number of fused-ring (bicyclic) bond motifs is 1. The summed E-state index contributed by atoms with van der Waals surface area (Å²) in [6.45, 7) is 3.08. The number of nitrogens with one attached hydrogen (secondary N) is 1. The largest absolute Gasteiger partial charge is 0.389 e. The van der Waals surface area contributed by atoms with E-state index in [2.05, 4.69) is 10.3 Å².